The van der Waals surface area contributed by atoms with Crippen molar-refractivity contribution in [2.24, 2.45) is 0 Å². The van der Waals surface area contributed by atoms with Gasteiger partial charge < -0.3 is 28.9 Å². The lowest BCUT2D eigenvalue weighted by Crippen LogP contribution is -2.00. The summed E-state index contributed by atoms with van der Waals surface area (Å²) in [5.74, 6) is -1.81. The van der Waals surface area contributed by atoms with E-state index in [1.54, 1.807) is 48.5 Å². The number of aromatic amines is 2. The number of carbonyl (C=O) groups is 4. The second kappa shape index (κ2) is 17.0. The smallest absolute Gasteiger partial charge is 0.337 e. The molecule has 2 N–H and O–H groups in total. The second-order valence-electron chi connectivity index (χ2n) is 14.8. The van der Waals surface area contributed by atoms with Crippen LogP contribution >= 0.6 is 0 Å². The van der Waals surface area contributed by atoms with E-state index < -0.39 is 23.9 Å². The minimum Gasteiger partial charge on any atom is -0.465 e. The van der Waals surface area contributed by atoms with Crippen molar-refractivity contribution in [1.29, 1.82) is 0 Å². The number of hydrogen-bond acceptors (Lipinski definition) is 10. The molecule has 0 unspecified atom stereocenters. The van der Waals surface area contributed by atoms with Crippen LogP contribution in [0, 0.1) is 0 Å². The number of fused-ring (bicyclic) bond motifs is 8. The molecule has 0 atom stereocenters. The summed E-state index contributed by atoms with van der Waals surface area (Å²) >= 11 is 0. The summed E-state index contributed by atoms with van der Waals surface area (Å²) in [6, 6.07) is 36.6. The van der Waals surface area contributed by atoms with Gasteiger partial charge in [0.25, 0.3) is 0 Å². The summed E-state index contributed by atoms with van der Waals surface area (Å²) in [5.41, 5.74) is 13.3. The first-order chi connectivity index (χ1) is 31.2. The van der Waals surface area contributed by atoms with Crippen LogP contribution in [0.1, 0.15) is 64.2 Å². The number of benzene rings is 4. The highest BCUT2D eigenvalue weighted by Gasteiger charge is 2.21. The molecule has 0 saturated carbocycles. The van der Waals surface area contributed by atoms with Crippen LogP contribution in [0.15, 0.2) is 121 Å². The first kappa shape index (κ1) is 40.7. The molecule has 12 heteroatoms. The predicted molar refractivity (Wildman–Crippen MR) is 246 cm³/mol. The molecule has 5 heterocycles. The van der Waals surface area contributed by atoms with Gasteiger partial charge in [-0.05, 0) is 119 Å². The van der Waals surface area contributed by atoms with Crippen molar-refractivity contribution in [2.45, 2.75) is 0 Å². The molecule has 0 aliphatic carbocycles. The number of nitrogens with zero attached hydrogens (tertiary/aromatic N) is 2. The Bertz CT molecular complexity index is 3090. The summed E-state index contributed by atoms with van der Waals surface area (Å²) in [5, 5.41) is 0. The molecule has 4 aromatic carbocycles. The zero-order valence-corrected chi connectivity index (χ0v) is 35.0. The summed E-state index contributed by atoms with van der Waals surface area (Å²) in [4.78, 5) is 67.9. The number of aromatic nitrogens is 4. The van der Waals surface area contributed by atoms with E-state index in [0.29, 0.717) is 50.6 Å². The van der Waals surface area contributed by atoms with Gasteiger partial charge in [-0.1, -0.05) is 48.5 Å². The van der Waals surface area contributed by atoms with Crippen molar-refractivity contribution in [3.05, 3.63) is 166 Å². The summed E-state index contributed by atoms with van der Waals surface area (Å²) < 4.78 is 19.9. The van der Waals surface area contributed by atoms with Gasteiger partial charge in [0, 0.05) is 44.3 Å². The summed E-state index contributed by atoms with van der Waals surface area (Å²) in [6.07, 6.45) is 7.76. The Hall–Kier alpha value is -8.64. The highest BCUT2D eigenvalue weighted by molar-refractivity contribution is 6.02. The van der Waals surface area contributed by atoms with Crippen LogP contribution in [0.25, 0.3) is 90.9 Å². The van der Waals surface area contributed by atoms with Crippen molar-refractivity contribution in [3.8, 4) is 44.5 Å². The lowest BCUT2D eigenvalue weighted by Gasteiger charge is -2.08. The number of methoxy groups -OCH3 is 4. The number of carbonyl (C=O) groups excluding carboxylic acids is 4. The van der Waals surface area contributed by atoms with E-state index in [1.165, 1.54) is 28.4 Å². The number of H-pyrrole nitrogens is 2. The Morgan fingerprint density at radius 3 is 0.844 bits per heavy atom. The molecule has 0 saturated heterocycles. The quantitative estimate of drug-likeness (QED) is 0.111. The Balaban J connectivity index is 1.40. The van der Waals surface area contributed by atoms with Crippen LogP contribution < -0.4 is 0 Å². The number of hydrogen-bond donors (Lipinski definition) is 2. The highest BCUT2D eigenvalue weighted by Crippen LogP contribution is 2.39. The third-order valence-electron chi connectivity index (χ3n) is 11.1. The summed E-state index contributed by atoms with van der Waals surface area (Å²) in [6.45, 7) is 0. The minimum absolute atomic E-state index is 0.394. The Labute approximate surface area is 366 Å². The third kappa shape index (κ3) is 7.53. The van der Waals surface area contributed by atoms with Crippen LogP contribution in [0.4, 0.5) is 0 Å². The lowest BCUT2D eigenvalue weighted by molar-refractivity contribution is 0.0592. The molecule has 0 fully saturated rings. The molecule has 7 aromatic rings. The molecular weight excluding hydrogens is 809 g/mol. The van der Waals surface area contributed by atoms with Crippen molar-refractivity contribution in [1.82, 2.24) is 19.9 Å². The first-order valence-corrected chi connectivity index (χ1v) is 20.1. The van der Waals surface area contributed by atoms with Gasteiger partial charge >= 0.3 is 23.9 Å². The molecule has 64 heavy (non-hydrogen) atoms. The molecular formula is C52H38N4O8. The number of nitrogens with one attached hydrogen (secondary N) is 2. The maximum atomic E-state index is 12.5. The molecule has 8 bridgehead atoms. The Kier molecular flexibility index (Phi) is 10.8. The fraction of sp³-hybridized carbons (Fsp3) is 0.0769. The van der Waals surface area contributed by atoms with Gasteiger partial charge in [0.1, 0.15) is 0 Å². The van der Waals surface area contributed by atoms with E-state index in [1.807, 2.05) is 97.1 Å². The normalized spacial score (nSPS) is 11.6. The topological polar surface area (TPSA) is 163 Å². The zero-order valence-electron chi connectivity index (χ0n) is 35.0. The van der Waals surface area contributed by atoms with Crippen LogP contribution in [-0.2, 0) is 18.9 Å². The van der Waals surface area contributed by atoms with Gasteiger partial charge in [-0.15, -0.1) is 0 Å². The van der Waals surface area contributed by atoms with Crippen LogP contribution in [-0.4, -0.2) is 72.3 Å². The van der Waals surface area contributed by atoms with Crippen molar-refractivity contribution in [3.63, 3.8) is 0 Å². The van der Waals surface area contributed by atoms with Crippen molar-refractivity contribution >= 4 is 70.2 Å². The lowest BCUT2D eigenvalue weighted by atomic mass is 10.0. The monoisotopic (exact) mass is 846 g/mol. The van der Waals surface area contributed by atoms with E-state index in [2.05, 4.69) is 9.97 Å². The van der Waals surface area contributed by atoms with Gasteiger partial charge in [0.2, 0.25) is 0 Å². The minimum atomic E-state index is -0.457. The largest absolute Gasteiger partial charge is 0.465 e. The predicted octanol–water partition coefficient (Wildman–Crippen LogP) is 10.5. The average Bonchev–Trinajstić information content (AvgIpc) is 4.20. The fourth-order valence-electron chi connectivity index (χ4n) is 7.98. The molecule has 2 aliphatic heterocycles. The standard InChI is InChI=1S/C52H38N4O8/c1-61-49(57)33-13-5-29(6-14-33)45-37-21-23-39(53-37)46(30-7-15-34(16-8-30)50(58)62-2)41-25-27-43(55-41)48(32-11-19-36(20-12-32)52(60)64-4)44-28-26-42(56-44)47(40-24-22-38(45)54-40)31-9-17-35(18-10-31)51(59)63-3/h5-28,53-54H,1-4H3. The number of rotatable bonds is 8. The zero-order chi connectivity index (χ0) is 44.5. The molecule has 314 valence electrons. The van der Waals surface area contributed by atoms with E-state index in [0.717, 1.165) is 61.0 Å². The molecule has 0 amide bonds. The molecule has 0 radical (unpaired) electrons. The molecule has 9 rings (SSSR count). The van der Waals surface area contributed by atoms with Crippen LogP contribution in [0.5, 0.6) is 0 Å². The van der Waals surface area contributed by atoms with Gasteiger partial charge in [-0.25, -0.2) is 29.1 Å². The maximum Gasteiger partial charge on any atom is 0.337 e. The average molecular weight is 847 g/mol. The van der Waals surface area contributed by atoms with E-state index in [4.69, 9.17) is 28.9 Å². The first-order valence-electron chi connectivity index (χ1n) is 20.1. The van der Waals surface area contributed by atoms with E-state index >= 15 is 0 Å². The van der Waals surface area contributed by atoms with Gasteiger partial charge in [0.05, 0.1) is 73.5 Å². The third-order valence-corrected chi connectivity index (χ3v) is 11.1. The molecule has 0 spiro atoms. The summed E-state index contributed by atoms with van der Waals surface area (Å²) in [7, 11) is 5.38. The van der Waals surface area contributed by atoms with Gasteiger partial charge in [-0.2, -0.15) is 0 Å². The van der Waals surface area contributed by atoms with E-state index in [-0.39, 0.29) is 0 Å². The second-order valence-corrected chi connectivity index (χ2v) is 14.8. The molecule has 3 aromatic heterocycles. The number of ether oxygens (including phenoxy) is 4. The Morgan fingerprint density at radius 1 is 0.328 bits per heavy atom. The van der Waals surface area contributed by atoms with Gasteiger partial charge in [-0.3, -0.25) is 0 Å². The fourth-order valence-corrected chi connectivity index (χ4v) is 7.98. The SMILES string of the molecule is COC(=O)c1ccc(-c2c3nc(c(-c4ccc(C(=O)OC)cc4)c4ccc([nH]4)c(-c4ccc(C(=O)OC)cc4)c4ccc([nH]4)c(-c4ccc(C(=O)OC)cc4)c4nc2C=C4)C=C3)cc1. The van der Waals surface area contributed by atoms with Crippen LogP contribution in [0.2, 0.25) is 0 Å². The highest BCUT2D eigenvalue weighted by atomic mass is 16.5. The maximum absolute atomic E-state index is 12.5. The van der Waals surface area contributed by atoms with Gasteiger partial charge in [0.15, 0.2) is 0 Å². The van der Waals surface area contributed by atoms with Crippen LogP contribution in [0.3, 0.4) is 0 Å². The Morgan fingerprint density at radius 2 is 0.562 bits per heavy atom. The van der Waals surface area contributed by atoms with Crippen molar-refractivity contribution in [2.75, 3.05) is 28.4 Å². The number of esters is 4. The van der Waals surface area contributed by atoms with E-state index in [9.17, 15) is 19.2 Å². The molecule has 12 nitrogen and oxygen atoms in total. The molecule has 2 aliphatic rings. The van der Waals surface area contributed by atoms with Crippen molar-refractivity contribution < 1.29 is 38.1 Å².